The Balaban J connectivity index is 3.18. The van der Waals surface area contributed by atoms with E-state index < -0.39 is 11.3 Å². The maximum Gasteiger partial charge on any atom is 0.237 e. The minimum atomic E-state index is -0.522. The third-order valence-corrected chi connectivity index (χ3v) is 1.74. The number of carbonyl (C=O) groups is 1. The molecule has 0 bridgehead atoms. The molecule has 0 saturated carbocycles. The zero-order valence-corrected chi connectivity index (χ0v) is 7.15. The van der Waals surface area contributed by atoms with E-state index in [9.17, 15) is 14.7 Å². The van der Waals surface area contributed by atoms with Crippen LogP contribution in [0, 0.1) is 6.92 Å². The number of pyridine rings is 1. The Bertz CT molecular complexity index is 395. The Kier molecular flexibility index (Phi) is 2.36. The highest BCUT2D eigenvalue weighted by molar-refractivity contribution is 5.73. The summed E-state index contributed by atoms with van der Waals surface area (Å²) in [6.45, 7) is 1.50. The number of hydrogen-bond acceptors (Lipinski definition) is 3. The van der Waals surface area contributed by atoms with Gasteiger partial charge in [0, 0.05) is 12.3 Å². The molecule has 1 rings (SSSR count). The minimum absolute atomic E-state index is 0.0420. The second-order valence-electron chi connectivity index (χ2n) is 2.71. The largest absolute Gasteiger partial charge is 0.503 e. The molecule has 5 heteroatoms. The molecule has 1 amide bonds. The molecule has 1 aromatic heterocycles. The van der Waals surface area contributed by atoms with Crippen LogP contribution in [0.25, 0.3) is 0 Å². The molecular formula is C8H10N2O3. The van der Waals surface area contributed by atoms with E-state index in [0.29, 0.717) is 5.69 Å². The molecule has 13 heavy (non-hydrogen) atoms. The van der Waals surface area contributed by atoms with Gasteiger partial charge in [-0.2, -0.15) is 0 Å². The zero-order chi connectivity index (χ0) is 10.0. The number of aromatic nitrogens is 1. The van der Waals surface area contributed by atoms with Gasteiger partial charge in [0.2, 0.25) is 11.3 Å². The Morgan fingerprint density at radius 2 is 2.31 bits per heavy atom. The highest BCUT2D eigenvalue weighted by Gasteiger charge is 2.05. The van der Waals surface area contributed by atoms with Crippen molar-refractivity contribution in [3.05, 3.63) is 28.2 Å². The molecule has 0 aliphatic heterocycles. The summed E-state index contributed by atoms with van der Waals surface area (Å²) in [5.74, 6) is -0.866. The molecule has 0 atom stereocenters. The Morgan fingerprint density at radius 1 is 1.69 bits per heavy atom. The smallest absolute Gasteiger partial charge is 0.237 e. The summed E-state index contributed by atoms with van der Waals surface area (Å²) in [6.07, 6.45) is 1.42. The van der Waals surface area contributed by atoms with Gasteiger partial charge < -0.3 is 15.4 Å². The lowest BCUT2D eigenvalue weighted by Gasteiger charge is -2.08. The fraction of sp³-hybridized carbons (Fsp3) is 0.250. The molecule has 0 aliphatic carbocycles. The van der Waals surface area contributed by atoms with Gasteiger partial charge in [-0.05, 0) is 6.92 Å². The van der Waals surface area contributed by atoms with Crippen molar-refractivity contribution in [3.63, 3.8) is 0 Å². The van der Waals surface area contributed by atoms with Crippen LogP contribution < -0.4 is 11.2 Å². The lowest BCUT2D eigenvalue weighted by molar-refractivity contribution is -0.118. The topological polar surface area (TPSA) is 85.3 Å². The van der Waals surface area contributed by atoms with Crippen LogP contribution >= 0.6 is 0 Å². The van der Waals surface area contributed by atoms with Gasteiger partial charge in [-0.15, -0.1) is 0 Å². The van der Waals surface area contributed by atoms with Gasteiger partial charge in [0.05, 0.1) is 5.69 Å². The fourth-order valence-electron chi connectivity index (χ4n) is 1.00. The molecular weight excluding hydrogens is 172 g/mol. The van der Waals surface area contributed by atoms with Gasteiger partial charge in [0.1, 0.15) is 6.54 Å². The van der Waals surface area contributed by atoms with E-state index in [2.05, 4.69) is 0 Å². The number of amides is 1. The number of primary amides is 1. The standard InChI is InChI=1S/C8H10N2O3/c1-5-8(13)6(11)2-3-10(5)4-7(9)12/h2-3,13H,4H2,1H3,(H2,9,12). The van der Waals surface area contributed by atoms with Crippen LogP contribution in [0.2, 0.25) is 0 Å². The molecule has 0 unspecified atom stereocenters. The SMILES string of the molecule is Cc1c(O)c(=O)ccn1CC(N)=O. The molecule has 0 saturated heterocycles. The molecule has 0 radical (unpaired) electrons. The summed E-state index contributed by atoms with van der Waals surface area (Å²) >= 11 is 0. The first-order valence-corrected chi connectivity index (χ1v) is 3.69. The van der Waals surface area contributed by atoms with Crippen LogP contribution in [-0.2, 0) is 11.3 Å². The average molecular weight is 182 g/mol. The Labute approximate surface area is 74.4 Å². The van der Waals surface area contributed by atoms with Gasteiger partial charge in [0.15, 0.2) is 5.75 Å². The van der Waals surface area contributed by atoms with Crippen molar-refractivity contribution >= 4 is 5.91 Å². The first kappa shape index (κ1) is 9.31. The van der Waals surface area contributed by atoms with Gasteiger partial charge in [0.25, 0.3) is 0 Å². The van der Waals surface area contributed by atoms with Crippen LogP contribution in [0.4, 0.5) is 0 Å². The zero-order valence-electron chi connectivity index (χ0n) is 7.15. The molecule has 0 spiro atoms. The van der Waals surface area contributed by atoms with E-state index >= 15 is 0 Å². The van der Waals surface area contributed by atoms with E-state index in [0.717, 1.165) is 0 Å². The number of carbonyl (C=O) groups excluding carboxylic acids is 1. The van der Waals surface area contributed by atoms with Crippen molar-refractivity contribution in [1.29, 1.82) is 0 Å². The van der Waals surface area contributed by atoms with Crippen molar-refractivity contribution in [3.8, 4) is 5.75 Å². The second kappa shape index (κ2) is 3.30. The molecule has 70 valence electrons. The van der Waals surface area contributed by atoms with E-state index in [-0.39, 0.29) is 12.3 Å². The summed E-state index contributed by atoms with van der Waals surface area (Å²) in [6, 6.07) is 1.19. The monoisotopic (exact) mass is 182 g/mol. The van der Waals surface area contributed by atoms with E-state index in [1.54, 1.807) is 6.92 Å². The number of aromatic hydroxyl groups is 1. The molecule has 3 N–H and O–H groups in total. The Morgan fingerprint density at radius 3 is 2.85 bits per heavy atom. The number of nitrogens with zero attached hydrogens (tertiary/aromatic N) is 1. The summed E-state index contributed by atoms with van der Waals surface area (Å²) < 4.78 is 1.42. The molecule has 5 nitrogen and oxygen atoms in total. The summed E-state index contributed by atoms with van der Waals surface area (Å²) in [5, 5.41) is 9.21. The van der Waals surface area contributed by atoms with E-state index in [1.807, 2.05) is 0 Å². The highest BCUT2D eigenvalue weighted by Crippen LogP contribution is 2.08. The van der Waals surface area contributed by atoms with Crippen LogP contribution in [-0.4, -0.2) is 15.6 Å². The van der Waals surface area contributed by atoms with Crippen molar-refractivity contribution < 1.29 is 9.90 Å². The van der Waals surface area contributed by atoms with Gasteiger partial charge in [-0.25, -0.2) is 0 Å². The number of rotatable bonds is 2. The van der Waals surface area contributed by atoms with Crippen molar-refractivity contribution in [2.24, 2.45) is 5.73 Å². The van der Waals surface area contributed by atoms with Gasteiger partial charge >= 0.3 is 0 Å². The molecule has 0 aromatic carbocycles. The summed E-state index contributed by atoms with van der Waals surface area (Å²) in [7, 11) is 0. The Hall–Kier alpha value is -1.78. The van der Waals surface area contributed by atoms with E-state index in [4.69, 9.17) is 5.73 Å². The van der Waals surface area contributed by atoms with Crippen molar-refractivity contribution in [1.82, 2.24) is 4.57 Å². The first-order chi connectivity index (χ1) is 6.02. The van der Waals surface area contributed by atoms with Crippen molar-refractivity contribution in [2.75, 3.05) is 0 Å². The third-order valence-electron chi connectivity index (χ3n) is 1.74. The normalized spacial score (nSPS) is 9.92. The van der Waals surface area contributed by atoms with Crippen LogP contribution in [0.3, 0.4) is 0 Å². The van der Waals surface area contributed by atoms with Gasteiger partial charge in [-0.3, -0.25) is 9.59 Å². The van der Waals surface area contributed by atoms with Crippen molar-refractivity contribution in [2.45, 2.75) is 13.5 Å². The highest BCUT2D eigenvalue weighted by atomic mass is 16.3. The average Bonchev–Trinajstić information content (AvgIpc) is 2.06. The van der Waals surface area contributed by atoms with Gasteiger partial charge in [-0.1, -0.05) is 0 Å². The first-order valence-electron chi connectivity index (χ1n) is 3.69. The molecule has 1 aromatic rings. The fourth-order valence-corrected chi connectivity index (χ4v) is 1.00. The molecule has 0 fully saturated rings. The number of hydrogen-bond donors (Lipinski definition) is 2. The maximum absolute atomic E-state index is 10.9. The summed E-state index contributed by atoms with van der Waals surface area (Å²) in [4.78, 5) is 21.5. The molecule has 1 heterocycles. The van der Waals surface area contributed by atoms with Crippen LogP contribution in [0.1, 0.15) is 5.69 Å². The minimum Gasteiger partial charge on any atom is -0.503 e. The number of nitrogens with two attached hydrogens (primary N) is 1. The predicted octanol–water partition coefficient (Wildman–Crippen LogP) is -0.652. The maximum atomic E-state index is 10.9. The third kappa shape index (κ3) is 1.87. The molecule has 0 aliphatic rings. The second-order valence-corrected chi connectivity index (χ2v) is 2.71. The van der Waals surface area contributed by atoms with E-state index in [1.165, 1.54) is 16.8 Å². The predicted molar refractivity (Wildman–Crippen MR) is 46.3 cm³/mol. The lowest BCUT2D eigenvalue weighted by Crippen LogP contribution is -2.21. The van der Waals surface area contributed by atoms with Crippen LogP contribution in [0.15, 0.2) is 17.1 Å². The lowest BCUT2D eigenvalue weighted by atomic mass is 10.3. The summed E-state index contributed by atoms with van der Waals surface area (Å²) in [5.41, 5.74) is 4.84. The van der Waals surface area contributed by atoms with Crippen LogP contribution in [0.5, 0.6) is 5.75 Å². The quantitative estimate of drug-likeness (QED) is 0.637.